The van der Waals surface area contributed by atoms with Crippen molar-refractivity contribution in [1.82, 2.24) is 10.2 Å². The molecule has 1 unspecified atom stereocenters. The quantitative estimate of drug-likeness (QED) is 0.614. The van der Waals surface area contributed by atoms with Crippen LogP contribution >= 0.6 is 0 Å². The minimum absolute atomic E-state index is 0.00731. The van der Waals surface area contributed by atoms with Gasteiger partial charge in [0.1, 0.15) is 0 Å². The molecular weight excluding hydrogens is 343 g/mol. The minimum Gasteiger partial charge on any atom is -0.393 e. The standard InChI is InChI=1S/C19H28F3N3O/c1-3-23-18(25-11-8-17(26)9-12-25)24-10-7-14(2)15-5-4-6-16(13-15)19(20,21)22/h4-6,13-14,17,26H,3,7-12H2,1-2H3,(H,23,24). The lowest BCUT2D eigenvalue weighted by atomic mass is 9.96. The number of rotatable bonds is 5. The van der Waals surface area contributed by atoms with Gasteiger partial charge < -0.3 is 15.3 Å². The Morgan fingerprint density at radius 2 is 2.04 bits per heavy atom. The highest BCUT2D eigenvalue weighted by atomic mass is 19.4. The van der Waals surface area contributed by atoms with Crippen LogP contribution in [0.2, 0.25) is 0 Å². The van der Waals surface area contributed by atoms with Crippen molar-refractivity contribution < 1.29 is 18.3 Å². The van der Waals surface area contributed by atoms with Gasteiger partial charge >= 0.3 is 6.18 Å². The van der Waals surface area contributed by atoms with Crippen molar-refractivity contribution in [3.05, 3.63) is 35.4 Å². The van der Waals surface area contributed by atoms with E-state index in [4.69, 9.17) is 0 Å². The zero-order valence-electron chi connectivity index (χ0n) is 15.4. The highest BCUT2D eigenvalue weighted by Gasteiger charge is 2.30. The molecule has 1 saturated heterocycles. The third-order valence-electron chi connectivity index (χ3n) is 4.71. The van der Waals surface area contributed by atoms with Crippen LogP contribution in [0.5, 0.6) is 0 Å². The predicted octanol–water partition coefficient (Wildman–Crippen LogP) is 3.62. The molecule has 1 aromatic carbocycles. The second-order valence-electron chi connectivity index (χ2n) is 6.77. The van der Waals surface area contributed by atoms with Crippen molar-refractivity contribution >= 4 is 5.96 Å². The molecule has 1 fully saturated rings. The van der Waals surface area contributed by atoms with E-state index in [9.17, 15) is 18.3 Å². The van der Waals surface area contributed by atoms with Crippen molar-refractivity contribution in [2.75, 3.05) is 26.2 Å². The summed E-state index contributed by atoms with van der Waals surface area (Å²) < 4.78 is 38.6. The Balaban J connectivity index is 1.96. The van der Waals surface area contributed by atoms with Crippen LogP contribution in [0.25, 0.3) is 0 Å². The molecule has 0 aromatic heterocycles. The first-order chi connectivity index (χ1) is 12.3. The van der Waals surface area contributed by atoms with E-state index in [1.807, 2.05) is 13.8 Å². The summed E-state index contributed by atoms with van der Waals surface area (Å²) in [6.45, 7) is 6.74. The van der Waals surface area contributed by atoms with Gasteiger partial charge in [0.15, 0.2) is 5.96 Å². The second kappa shape index (κ2) is 9.26. The molecule has 1 atom stereocenters. The van der Waals surface area contributed by atoms with Gasteiger partial charge in [-0.15, -0.1) is 0 Å². The van der Waals surface area contributed by atoms with E-state index < -0.39 is 11.7 Å². The van der Waals surface area contributed by atoms with Gasteiger partial charge in [-0.2, -0.15) is 13.2 Å². The van der Waals surface area contributed by atoms with Crippen LogP contribution in [0, 0.1) is 0 Å². The lowest BCUT2D eigenvalue weighted by molar-refractivity contribution is -0.137. The maximum Gasteiger partial charge on any atom is 0.416 e. The zero-order valence-corrected chi connectivity index (χ0v) is 15.4. The summed E-state index contributed by atoms with van der Waals surface area (Å²) in [5, 5.41) is 12.9. The molecule has 1 aromatic rings. The number of guanidine groups is 1. The first-order valence-corrected chi connectivity index (χ1v) is 9.19. The number of piperidine rings is 1. The highest BCUT2D eigenvalue weighted by molar-refractivity contribution is 5.80. The van der Waals surface area contributed by atoms with Crippen molar-refractivity contribution in [3.8, 4) is 0 Å². The fraction of sp³-hybridized carbons (Fsp3) is 0.632. The molecule has 4 nitrogen and oxygen atoms in total. The number of nitrogens with one attached hydrogen (secondary N) is 1. The Morgan fingerprint density at radius 1 is 1.35 bits per heavy atom. The lowest BCUT2D eigenvalue weighted by Gasteiger charge is -2.32. The van der Waals surface area contributed by atoms with E-state index in [1.165, 1.54) is 12.1 Å². The molecule has 0 aliphatic carbocycles. The van der Waals surface area contributed by atoms with Crippen LogP contribution in [-0.2, 0) is 6.18 Å². The summed E-state index contributed by atoms with van der Waals surface area (Å²) in [4.78, 5) is 6.76. The molecule has 0 amide bonds. The average molecular weight is 371 g/mol. The van der Waals surface area contributed by atoms with E-state index in [1.54, 1.807) is 6.07 Å². The SMILES string of the molecule is CCNC(=NCCC(C)c1cccc(C(F)(F)F)c1)N1CCC(O)CC1. The Morgan fingerprint density at radius 3 is 2.65 bits per heavy atom. The van der Waals surface area contributed by atoms with Crippen LogP contribution in [-0.4, -0.2) is 48.2 Å². The average Bonchev–Trinajstić information content (AvgIpc) is 2.61. The third-order valence-corrected chi connectivity index (χ3v) is 4.71. The Kier molecular flexibility index (Phi) is 7.32. The van der Waals surface area contributed by atoms with E-state index >= 15 is 0 Å². The van der Waals surface area contributed by atoms with Crippen molar-refractivity contribution in [3.63, 3.8) is 0 Å². The van der Waals surface area contributed by atoms with E-state index in [2.05, 4.69) is 15.2 Å². The fourth-order valence-corrected chi connectivity index (χ4v) is 3.06. The van der Waals surface area contributed by atoms with Crippen molar-refractivity contribution in [2.45, 2.75) is 51.3 Å². The number of hydrogen-bond donors (Lipinski definition) is 2. The molecule has 2 N–H and O–H groups in total. The molecule has 2 rings (SSSR count). The summed E-state index contributed by atoms with van der Waals surface area (Å²) in [7, 11) is 0. The number of halogens is 3. The second-order valence-corrected chi connectivity index (χ2v) is 6.77. The summed E-state index contributed by atoms with van der Waals surface area (Å²) in [6, 6.07) is 5.52. The predicted molar refractivity (Wildman–Crippen MR) is 97.3 cm³/mol. The number of aliphatic hydroxyl groups is 1. The maximum absolute atomic E-state index is 12.9. The number of alkyl halides is 3. The zero-order chi connectivity index (χ0) is 19.2. The molecule has 0 radical (unpaired) electrons. The molecule has 0 spiro atoms. The maximum atomic E-state index is 12.9. The van der Waals surface area contributed by atoms with Gasteiger partial charge in [-0.05, 0) is 43.7 Å². The largest absolute Gasteiger partial charge is 0.416 e. The number of aliphatic hydroxyl groups excluding tert-OH is 1. The van der Waals surface area contributed by atoms with E-state index in [0.29, 0.717) is 18.5 Å². The number of likely N-dealkylation sites (tertiary alicyclic amines) is 1. The number of benzene rings is 1. The fourth-order valence-electron chi connectivity index (χ4n) is 3.06. The number of nitrogens with zero attached hydrogens (tertiary/aromatic N) is 2. The highest BCUT2D eigenvalue weighted by Crippen LogP contribution is 2.31. The van der Waals surface area contributed by atoms with Gasteiger partial charge in [-0.3, -0.25) is 4.99 Å². The monoisotopic (exact) mass is 371 g/mol. The van der Waals surface area contributed by atoms with Crippen molar-refractivity contribution in [1.29, 1.82) is 0 Å². The summed E-state index contributed by atoms with van der Waals surface area (Å²) >= 11 is 0. The van der Waals surface area contributed by atoms with Gasteiger partial charge in [-0.25, -0.2) is 0 Å². The minimum atomic E-state index is -4.31. The van der Waals surface area contributed by atoms with Gasteiger partial charge in [0.05, 0.1) is 11.7 Å². The van der Waals surface area contributed by atoms with Gasteiger partial charge in [0.25, 0.3) is 0 Å². The number of hydrogen-bond acceptors (Lipinski definition) is 2. The molecule has 146 valence electrons. The Labute approximate surface area is 153 Å². The van der Waals surface area contributed by atoms with E-state index in [-0.39, 0.29) is 12.0 Å². The summed E-state index contributed by atoms with van der Waals surface area (Å²) in [6.07, 6.45) is -2.43. The normalized spacial score (nSPS) is 18.1. The van der Waals surface area contributed by atoms with Gasteiger partial charge in [-0.1, -0.05) is 25.1 Å². The lowest BCUT2D eigenvalue weighted by Crippen LogP contribution is -2.46. The van der Waals surface area contributed by atoms with E-state index in [0.717, 1.165) is 44.5 Å². The van der Waals surface area contributed by atoms with Crippen molar-refractivity contribution in [2.24, 2.45) is 4.99 Å². The Bertz CT molecular complexity index is 596. The third kappa shape index (κ3) is 5.90. The molecular formula is C19H28F3N3O. The van der Waals surface area contributed by atoms with Gasteiger partial charge in [0.2, 0.25) is 0 Å². The molecule has 0 bridgehead atoms. The van der Waals surface area contributed by atoms with Crippen LogP contribution in [0.1, 0.15) is 50.2 Å². The summed E-state index contributed by atoms with van der Waals surface area (Å²) in [5.74, 6) is 0.808. The summed E-state index contributed by atoms with van der Waals surface area (Å²) in [5.41, 5.74) is 0.0756. The molecule has 0 saturated carbocycles. The van der Waals surface area contributed by atoms with Crippen LogP contribution in [0.15, 0.2) is 29.3 Å². The van der Waals surface area contributed by atoms with Crippen LogP contribution in [0.4, 0.5) is 13.2 Å². The first-order valence-electron chi connectivity index (χ1n) is 9.19. The molecule has 26 heavy (non-hydrogen) atoms. The Hall–Kier alpha value is -1.76. The molecule has 1 aliphatic heterocycles. The molecule has 7 heteroatoms. The first kappa shape index (κ1) is 20.6. The number of aliphatic imine (C=N–C) groups is 1. The molecule has 1 aliphatic rings. The smallest absolute Gasteiger partial charge is 0.393 e. The van der Waals surface area contributed by atoms with Crippen LogP contribution in [0.3, 0.4) is 0 Å². The van der Waals surface area contributed by atoms with Crippen LogP contribution < -0.4 is 5.32 Å². The topological polar surface area (TPSA) is 47.9 Å². The molecule has 1 heterocycles. The van der Waals surface area contributed by atoms with Gasteiger partial charge in [0, 0.05) is 26.2 Å².